The zero-order chi connectivity index (χ0) is 15.8. The highest BCUT2D eigenvalue weighted by Crippen LogP contribution is 2.44. The van der Waals surface area contributed by atoms with E-state index in [1.807, 2.05) is 0 Å². The van der Waals surface area contributed by atoms with Crippen LogP contribution in [0.15, 0.2) is 23.2 Å². The molecule has 1 heterocycles. The Morgan fingerprint density at radius 3 is 2.76 bits per heavy atom. The van der Waals surface area contributed by atoms with Crippen molar-refractivity contribution in [1.29, 1.82) is 0 Å². The van der Waals surface area contributed by atoms with Crippen molar-refractivity contribution in [3.8, 4) is 0 Å². The van der Waals surface area contributed by atoms with Crippen LogP contribution in [0.2, 0.25) is 0 Å². The number of rotatable bonds is 2. The van der Waals surface area contributed by atoms with Crippen LogP contribution in [0.5, 0.6) is 0 Å². The van der Waals surface area contributed by atoms with Gasteiger partial charge in [0.2, 0.25) is 0 Å². The number of hydrogen-bond acceptors (Lipinski definition) is 5. The summed E-state index contributed by atoms with van der Waals surface area (Å²) >= 11 is 0. The maximum atomic E-state index is 14.3. The van der Waals surface area contributed by atoms with Crippen molar-refractivity contribution >= 4 is 11.5 Å². The van der Waals surface area contributed by atoms with E-state index in [2.05, 4.69) is 4.99 Å². The molecule has 21 heavy (non-hydrogen) atoms. The normalized spacial score (nSPS) is 25.0. The minimum Gasteiger partial charge on any atom is -0.385 e. The summed E-state index contributed by atoms with van der Waals surface area (Å²) in [6.07, 6.45) is 0. The predicted octanol–water partition coefficient (Wildman–Crippen LogP) is 1.97. The smallest absolute Gasteiger partial charge is 0.299 e. The first-order valence-electron chi connectivity index (χ1n) is 5.91. The zero-order valence-corrected chi connectivity index (χ0v) is 11.0. The maximum absolute atomic E-state index is 14.3. The molecule has 0 saturated heterocycles. The molecule has 1 aromatic carbocycles. The number of nitro benzene ring substituents is 1. The minimum atomic E-state index is -3.58. The molecule has 1 aromatic rings. The average Bonchev–Trinajstić information content (AvgIpc) is 2.47. The Hall–Kier alpha value is -2.16. The Morgan fingerprint density at radius 2 is 2.14 bits per heavy atom. The molecule has 1 aliphatic rings. The molecular formula is C12H12F3N3O3. The van der Waals surface area contributed by atoms with Gasteiger partial charge in [0.1, 0.15) is 24.9 Å². The Morgan fingerprint density at radius 1 is 1.48 bits per heavy atom. The van der Waals surface area contributed by atoms with Gasteiger partial charge in [-0.2, -0.15) is 0 Å². The van der Waals surface area contributed by atoms with Gasteiger partial charge in [-0.3, -0.25) is 15.1 Å². The molecule has 1 atom stereocenters. The number of amidine groups is 1. The van der Waals surface area contributed by atoms with Crippen LogP contribution in [0.4, 0.5) is 18.9 Å². The Balaban J connectivity index is 2.68. The number of nitro groups is 1. The van der Waals surface area contributed by atoms with Gasteiger partial charge >= 0.3 is 0 Å². The lowest BCUT2D eigenvalue weighted by molar-refractivity contribution is -0.385. The molecule has 0 bridgehead atoms. The van der Waals surface area contributed by atoms with Crippen molar-refractivity contribution in [3.63, 3.8) is 0 Å². The van der Waals surface area contributed by atoms with Crippen LogP contribution >= 0.6 is 0 Å². The predicted molar refractivity (Wildman–Crippen MR) is 67.8 cm³/mol. The molecule has 0 fully saturated rings. The molecule has 0 radical (unpaired) electrons. The first kappa shape index (κ1) is 15.2. The molecular weight excluding hydrogens is 291 g/mol. The summed E-state index contributed by atoms with van der Waals surface area (Å²) in [6, 6.07) is 2.39. The first-order valence-corrected chi connectivity index (χ1v) is 5.91. The number of aliphatic imine (C=N–C) groups is 1. The van der Waals surface area contributed by atoms with Crippen molar-refractivity contribution in [2.24, 2.45) is 10.7 Å². The molecule has 0 saturated carbocycles. The first-order chi connectivity index (χ1) is 9.67. The van der Waals surface area contributed by atoms with Crippen molar-refractivity contribution in [1.82, 2.24) is 0 Å². The van der Waals surface area contributed by atoms with Crippen molar-refractivity contribution in [2.45, 2.75) is 18.4 Å². The molecule has 0 amide bonds. The third-order valence-electron chi connectivity index (χ3n) is 3.30. The maximum Gasteiger partial charge on any atom is 0.299 e. The molecule has 6 nitrogen and oxygen atoms in total. The number of non-ortho nitro benzene ring substituents is 1. The third kappa shape index (κ3) is 2.56. The highest BCUT2D eigenvalue weighted by atomic mass is 19.3. The van der Waals surface area contributed by atoms with Gasteiger partial charge in [-0.1, -0.05) is 0 Å². The molecule has 0 aliphatic carbocycles. The van der Waals surface area contributed by atoms with Crippen LogP contribution in [0.3, 0.4) is 0 Å². The lowest BCUT2D eigenvalue weighted by atomic mass is 9.85. The second-order valence-electron chi connectivity index (χ2n) is 4.79. The summed E-state index contributed by atoms with van der Waals surface area (Å²) in [5, 5.41) is 10.8. The fourth-order valence-electron chi connectivity index (χ4n) is 2.08. The minimum absolute atomic E-state index is 0.236. The molecule has 2 N–H and O–H groups in total. The number of benzene rings is 1. The van der Waals surface area contributed by atoms with Gasteiger partial charge in [0.05, 0.1) is 4.92 Å². The summed E-state index contributed by atoms with van der Waals surface area (Å²) in [5.41, 5.74) is 1.95. The fraction of sp³-hybridized carbons (Fsp3) is 0.417. The fourth-order valence-corrected chi connectivity index (χ4v) is 2.08. The van der Waals surface area contributed by atoms with Crippen molar-refractivity contribution < 1.29 is 22.8 Å². The molecule has 2 rings (SSSR count). The van der Waals surface area contributed by atoms with Crippen LogP contribution in [0, 0.1) is 15.9 Å². The van der Waals surface area contributed by atoms with Gasteiger partial charge in [-0.15, -0.1) is 0 Å². The van der Waals surface area contributed by atoms with E-state index in [0.29, 0.717) is 0 Å². The summed E-state index contributed by atoms with van der Waals surface area (Å²) in [4.78, 5) is 13.6. The number of hydrogen-bond donors (Lipinski definition) is 1. The molecule has 0 unspecified atom stereocenters. The summed E-state index contributed by atoms with van der Waals surface area (Å²) in [6.45, 7) is -0.367. The third-order valence-corrected chi connectivity index (χ3v) is 3.30. The second kappa shape index (κ2) is 4.99. The van der Waals surface area contributed by atoms with Gasteiger partial charge < -0.3 is 10.5 Å². The zero-order valence-electron chi connectivity index (χ0n) is 11.0. The van der Waals surface area contributed by atoms with E-state index in [1.165, 1.54) is 0 Å². The number of nitrogens with zero attached hydrogens (tertiary/aromatic N) is 2. The van der Waals surface area contributed by atoms with E-state index in [4.69, 9.17) is 10.5 Å². The highest BCUT2D eigenvalue weighted by Gasteiger charge is 2.54. The van der Waals surface area contributed by atoms with Gasteiger partial charge in [-0.25, -0.2) is 13.2 Å². The lowest BCUT2D eigenvalue weighted by Gasteiger charge is -2.32. The van der Waals surface area contributed by atoms with E-state index in [9.17, 15) is 23.3 Å². The molecule has 0 spiro atoms. The summed E-state index contributed by atoms with van der Waals surface area (Å²) in [7, 11) is 0. The van der Waals surface area contributed by atoms with Crippen LogP contribution < -0.4 is 5.73 Å². The SMILES string of the molecule is C[C@]1(c2cc([N+](=O)[O-])ccc2F)N=C(N)COCC1(F)F. The summed E-state index contributed by atoms with van der Waals surface area (Å²) in [5.74, 6) is -4.84. The number of ether oxygens (including phenoxy) is 1. The lowest BCUT2D eigenvalue weighted by Crippen LogP contribution is -2.45. The Kier molecular flexibility index (Phi) is 3.62. The molecule has 0 aromatic heterocycles. The van der Waals surface area contributed by atoms with Gasteiger partial charge in [0, 0.05) is 17.7 Å². The van der Waals surface area contributed by atoms with Gasteiger partial charge in [0.15, 0.2) is 5.54 Å². The highest BCUT2D eigenvalue weighted by molar-refractivity contribution is 5.82. The van der Waals surface area contributed by atoms with Crippen LogP contribution in [-0.2, 0) is 10.3 Å². The average molecular weight is 303 g/mol. The Labute approximate surface area is 117 Å². The monoisotopic (exact) mass is 303 g/mol. The number of halogens is 3. The van der Waals surface area contributed by atoms with Gasteiger partial charge in [-0.05, 0) is 13.0 Å². The van der Waals surface area contributed by atoms with E-state index >= 15 is 0 Å². The van der Waals surface area contributed by atoms with E-state index in [-0.39, 0.29) is 12.4 Å². The largest absolute Gasteiger partial charge is 0.385 e. The topological polar surface area (TPSA) is 90.8 Å². The summed E-state index contributed by atoms with van der Waals surface area (Å²) < 4.78 is 47.2. The molecule has 1 aliphatic heterocycles. The Bertz CT molecular complexity index is 621. The van der Waals surface area contributed by atoms with Crippen LogP contribution in [0.1, 0.15) is 12.5 Å². The van der Waals surface area contributed by atoms with E-state index in [0.717, 1.165) is 25.1 Å². The quantitative estimate of drug-likeness (QED) is 0.668. The standard InChI is InChI=1S/C12H12F3N3O3/c1-11(12(14,15)6-21-5-10(16)17-11)8-4-7(18(19)20)2-3-9(8)13/h2-4H,5-6H2,1H3,(H2,16,17)/t11-/m1/s1. The van der Waals surface area contributed by atoms with Gasteiger partial charge in [0.25, 0.3) is 11.6 Å². The van der Waals surface area contributed by atoms with Crippen LogP contribution in [0.25, 0.3) is 0 Å². The van der Waals surface area contributed by atoms with E-state index in [1.54, 1.807) is 0 Å². The number of alkyl halides is 2. The molecule has 9 heteroatoms. The van der Waals surface area contributed by atoms with Crippen molar-refractivity contribution in [2.75, 3.05) is 13.2 Å². The van der Waals surface area contributed by atoms with Crippen LogP contribution in [-0.4, -0.2) is 29.9 Å². The molecule has 114 valence electrons. The number of nitrogens with two attached hydrogens (primary N) is 1. The van der Waals surface area contributed by atoms with E-state index < -0.39 is 40.1 Å². The second-order valence-corrected chi connectivity index (χ2v) is 4.79. The van der Waals surface area contributed by atoms with Crippen molar-refractivity contribution in [3.05, 3.63) is 39.7 Å².